The second kappa shape index (κ2) is 7.52. The molecule has 0 saturated heterocycles. The highest BCUT2D eigenvalue weighted by molar-refractivity contribution is 7.05. The zero-order chi connectivity index (χ0) is 15.2. The van der Waals surface area contributed by atoms with Crippen molar-refractivity contribution in [3.63, 3.8) is 0 Å². The number of hydrogen-bond donors (Lipinski definition) is 1. The van der Waals surface area contributed by atoms with Crippen molar-refractivity contribution in [1.29, 1.82) is 0 Å². The summed E-state index contributed by atoms with van der Waals surface area (Å²) in [6, 6.07) is 6.56. The van der Waals surface area contributed by atoms with Crippen LogP contribution in [0.25, 0.3) is 0 Å². The molecule has 2 rings (SSSR count). The molecule has 21 heavy (non-hydrogen) atoms. The Morgan fingerprint density at radius 3 is 2.76 bits per heavy atom. The summed E-state index contributed by atoms with van der Waals surface area (Å²) in [7, 11) is 1.72. The van der Waals surface area contributed by atoms with Crippen LogP contribution < -0.4 is 10.1 Å². The number of hydrogen-bond acceptors (Lipinski definition) is 5. The summed E-state index contributed by atoms with van der Waals surface area (Å²) in [4.78, 5) is 1.21. The average molecular weight is 305 g/mol. The van der Waals surface area contributed by atoms with Crippen LogP contribution in [-0.2, 0) is 6.42 Å². The molecule has 1 aromatic carbocycles. The quantitative estimate of drug-likeness (QED) is 0.851. The van der Waals surface area contributed by atoms with Crippen LogP contribution in [0.3, 0.4) is 0 Å². The SMILES string of the molecule is CCCNC(Cc1cc(C)ccc1OC)c1snnc1C. The van der Waals surface area contributed by atoms with Gasteiger partial charge in [-0.1, -0.05) is 29.1 Å². The van der Waals surface area contributed by atoms with Crippen molar-refractivity contribution in [3.8, 4) is 5.75 Å². The van der Waals surface area contributed by atoms with Gasteiger partial charge in [-0.2, -0.15) is 0 Å². The molecular formula is C16H23N3OS. The maximum Gasteiger partial charge on any atom is 0.122 e. The van der Waals surface area contributed by atoms with Gasteiger partial charge < -0.3 is 10.1 Å². The van der Waals surface area contributed by atoms with E-state index in [1.807, 2.05) is 13.0 Å². The molecule has 0 amide bonds. The number of ether oxygens (including phenoxy) is 1. The minimum absolute atomic E-state index is 0.237. The van der Waals surface area contributed by atoms with Gasteiger partial charge in [0.25, 0.3) is 0 Å². The lowest BCUT2D eigenvalue weighted by Crippen LogP contribution is -2.24. The minimum Gasteiger partial charge on any atom is -0.496 e. The van der Waals surface area contributed by atoms with Gasteiger partial charge >= 0.3 is 0 Å². The molecule has 1 atom stereocenters. The Hall–Kier alpha value is -1.46. The molecule has 1 N–H and O–H groups in total. The molecule has 114 valence electrons. The second-order valence-corrected chi connectivity index (χ2v) is 6.03. The Morgan fingerprint density at radius 1 is 1.33 bits per heavy atom. The standard InChI is InChI=1S/C16H23N3OS/c1-5-8-17-14(16-12(3)18-19-21-16)10-13-9-11(2)6-7-15(13)20-4/h6-7,9,14,17H,5,8,10H2,1-4H3. The number of nitrogens with one attached hydrogen (secondary N) is 1. The van der Waals surface area contributed by atoms with Crippen molar-refractivity contribution in [2.24, 2.45) is 0 Å². The van der Waals surface area contributed by atoms with Crippen molar-refractivity contribution in [1.82, 2.24) is 14.9 Å². The van der Waals surface area contributed by atoms with Crippen LogP contribution in [0, 0.1) is 13.8 Å². The number of aromatic nitrogens is 2. The molecular weight excluding hydrogens is 282 g/mol. The van der Waals surface area contributed by atoms with E-state index in [1.54, 1.807) is 7.11 Å². The molecule has 0 aliphatic carbocycles. The molecule has 0 spiro atoms. The van der Waals surface area contributed by atoms with Crippen LogP contribution in [0.2, 0.25) is 0 Å². The van der Waals surface area contributed by atoms with Gasteiger partial charge in [0, 0.05) is 6.04 Å². The van der Waals surface area contributed by atoms with Crippen molar-refractivity contribution in [2.75, 3.05) is 13.7 Å². The van der Waals surface area contributed by atoms with Gasteiger partial charge in [-0.15, -0.1) is 5.10 Å². The van der Waals surface area contributed by atoms with Crippen molar-refractivity contribution in [2.45, 2.75) is 39.7 Å². The van der Waals surface area contributed by atoms with Gasteiger partial charge in [-0.3, -0.25) is 0 Å². The zero-order valence-corrected chi connectivity index (χ0v) is 14.0. The third-order valence-corrected chi connectivity index (χ3v) is 4.44. The van der Waals surface area contributed by atoms with Gasteiger partial charge in [0.1, 0.15) is 5.75 Å². The summed E-state index contributed by atoms with van der Waals surface area (Å²) in [5.74, 6) is 0.944. The van der Waals surface area contributed by atoms with Gasteiger partial charge in [0.05, 0.1) is 17.7 Å². The van der Waals surface area contributed by atoms with Crippen LogP contribution >= 0.6 is 11.5 Å². The van der Waals surface area contributed by atoms with Gasteiger partial charge in [-0.05, 0) is 56.4 Å². The molecule has 5 heteroatoms. The Balaban J connectivity index is 2.26. The normalized spacial score (nSPS) is 12.4. The van der Waals surface area contributed by atoms with E-state index in [0.29, 0.717) is 0 Å². The predicted octanol–water partition coefficient (Wildman–Crippen LogP) is 3.45. The fourth-order valence-corrected chi connectivity index (χ4v) is 3.14. The predicted molar refractivity (Wildman–Crippen MR) is 87.1 cm³/mol. The fraction of sp³-hybridized carbons (Fsp3) is 0.500. The number of benzene rings is 1. The lowest BCUT2D eigenvalue weighted by atomic mass is 10.0. The largest absolute Gasteiger partial charge is 0.496 e. The highest BCUT2D eigenvalue weighted by Gasteiger charge is 2.19. The molecule has 1 heterocycles. The Bertz CT molecular complexity index is 583. The summed E-state index contributed by atoms with van der Waals surface area (Å²) in [6.07, 6.45) is 1.99. The molecule has 1 unspecified atom stereocenters. The smallest absolute Gasteiger partial charge is 0.122 e. The monoisotopic (exact) mass is 305 g/mol. The maximum absolute atomic E-state index is 5.50. The topological polar surface area (TPSA) is 47.0 Å². The van der Waals surface area contributed by atoms with Gasteiger partial charge in [0.2, 0.25) is 0 Å². The number of rotatable bonds is 7. The van der Waals surface area contributed by atoms with E-state index >= 15 is 0 Å². The number of methoxy groups -OCH3 is 1. The third kappa shape index (κ3) is 4.02. The van der Waals surface area contributed by atoms with Crippen LogP contribution in [0.15, 0.2) is 18.2 Å². The average Bonchev–Trinajstić information content (AvgIpc) is 2.90. The summed E-state index contributed by atoms with van der Waals surface area (Å²) >= 11 is 1.48. The molecule has 0 radical (unpaired) electrons. The van der Waals surface area contributed by atoms with E-state index in [1.165, 1.54) is 27.5 Å². The van der Waals surface area contributed by atoms with Crippen LogP contribution in [-0.4, -0.2) is 23.2 Å². The summed E-state index contributed by atoms with van der Waals surface area (Å²) in [5, 5.41) is 7.75. The second-order valence-electron chi connectivity index (χ2n) is 5.25. The molecule has 0 fully saturated rings. The van der Waals surface area contributed by atoms with E-state index in [2.05, 4.69) is 40.9 Å². The number of nitrogens with zero attached hydrogens (tertiary/aromatic N) is 2. The Labute approximate surface area is 130 Å². The first-order chi connectivity index (χ1) is 10.2. The molecule has 0 aliphatic heterocycles. The van der Waals surface area contributed by atoms with E-state index in [-0.39, 0.29) is 6.04 Å². The van der Waals surface area contributed by atoms with E-state index in [9.17, 15) is 0 Å². The van der Waals surface area contributed by atoms with Crippen molar-refractivity contribution in [3.05, 3.63) is 39.9 Å². The van der Waals surface area contributed by atoms with Gasteiger partial charge in [-0.25, -0.2) is 0 Å². The third-order valence-electron chi connectivity index (χ3n) is 3.50. The fourth-order valence-electron chi connectivity index (χ4n) is 2.42. The summed E-state index contributed by atoms with van der Waals surface area (Å²) < 4.78 is 9.57. The van der Waals surface area contributed by atoms with E-state index in [0.717, 1.165) is 30.8 Å². The van der Waals surface area contributed by atoms with E-state index < -0.39 is 0 Å². The minimum atomic E-state index is 0.237. The molecule has 4 nitrogen and oxygen atoms in total. The van der Waals surface area contributed by atoms with E-state index in [4.69, 9.17) is 4.74 Å². The van der Waals surface area contributed by atoms with Crippen LogP contribution in [0.4, 0.5) is 0 Å². The number of aryl methyl sites for hydroxylation is 2. The highest BCUT2D eigenvalue weighted by Crippen LogP contribution is 2.28. The molecule has 2 aromatic rings. The van der Waals surface area contributed by atoms with Gasteiger partial charge in [0.15, 0.2) is 0 Å². The van der Waals surface area contributed by atoms with Crippen molar-refractivity contribution < 1.29 is 4.74 Å². The summed E-state index contributed by atoms with van der Waals surface area (Å²) in [5.41, 5.74) is 3.48. The maximum atomic E-state index is 5.50. The van der Waals surface area contributed by atoms with Crippen LogP contribution in [0.1, 0.15) is 41.1 Å². The Kier molecular flexibility index (Phi) is 5.70. The first-order valence-electron chi connectivity index (χ1n) is 7.31. The van der Waals surface area contributed by atoms with Crippen molar-refractivity contribution >= 4 is 11.5 Å². The molecule has 0 saturated carbocycles. The first-order valence-corrected chi connectivity index (χ1v) is 8.08. The first kappa shape index (κ1) is 15.9. The highest BCUT2D eigenvalue weighted by atomic mass is 32.1. The van der Waals surface area contributed by atoms with Crippen LogP contribution in [0.5, 0.6) is 5.75 Å². The summed E-state index contributed by atoms with van der Waals surface area (Å²) in [6.45, 7) is 7.29. The molecule has 0 aliphatic rings. The lowest BCUT2D eigenvalue weighted by molar-refractivity contribution is 0.405. The molecule has 1 aromatic heterocycles. The zero-order valence-electron chi connectivity index (χ0n) is 13.1. The Morgan fingerprint density at radius 2 is 2.14 bits per heavy atom. The lowest BCUT2D eigenvalue weighted by Gasteiger charge is -2.19. The molecule has 0 bridgehead atoms.